The lowest BCUT2D eigenvalue weighted by Gasteiger charge is -2.27. The van der Waals surface area contributed by atoms with Gasteiger partial charge in [0.05, 0.1) is 0 Å². The number of hydrogen-bond donors (Lipinski definition) is 2. The minimum absolute atomic E-state index is 1.14. The van der Waals surface area contributed by atoms with E-state index >= 15 is 0 Å². The van der Waals surface area contributed by atoms with Crippen molar-refractivity contribution in [3.05, 3.63) is 0 Å². The highest BCUT2D eigenvalue weighted by molar-refractivity contribution is 5.99. The van der Waals surface area contributed by atoms with Gasteiger partial charge in [-0.1, -0.05) is 0 Å². The summed E-state index contributed by atoms with van der Waals surface area (Å²) in [7, 11) is 0. The van der Waals surface area contributed by atoms with Crippen molar-refractivity contribution in [2.45, 2.75) is 25.2 Å². The van der Waals surface area contributed by atoms with Gasteiger partial charge in [0.2, 0.25) is 6.17 Å². The molecule has 1 fully saturated rings. The second-order valence-corrected chi connectivity index (χ2v) is 2.61. The van der Waals surface area contributed by atoms with Crippen molar-refractivity contribution >= 4 is 11.9 Å². The summed E-state index contributed by atoms with van der Waals surface area (Å²) in [6, 6.07) is -1.14. The molecule has 86 valence electrons. The molecule has 3 atom stereocenters. The van der Waals surface area contributed by atoms with Gasteiger partial charge in [0.25, 0.3) is 18.7 Å². The number of imide groups is 1. The third-order valence-corrected chi connectivity index (χ3v) is 1.50. The molecule has 0 radical (unpaired) electrons. The van der Waals surface area contributed by atoms with Crippen LogP contribution in [0, 0.1) is 0 Å². The number of carbonyl (C=O) groups excluding carboxylic acids is 2. The topological polar surface area (TPSA) is 67.4 Å². The highest BCUT2D eigenvalue weighted by Crippen LogP contribution is 2.14. The minimum Gasteiger partial charge on any atom is -0.316 e. The predicted octanol–water partition coefficient (Wildman–Crippen LogP) is 0.0673. The Bertz CT molecular complexity index is 275. The minimum atomic E-state index is -3.49. The molecule has 5 nitrogen and oxygen atoms in total. The van der Waals surface area contributed by atoms with E-state index in [0.29, 0.717) is 0 Å². The summed E-state index contributed by atoms with van der Waals surface area (Å²) >= 11 is 0. The average molecular weight is 230 g/mol. The Morgan fingerprint density at radius 2 is 1.87 bits per heavy atom. The maximum absolute atomic E-state index is 12.9. The van der Waals surface area contributed by atoms with Crippen molar-refractivity contribution in [2.75, 3.05) is 0 Å². The molecule has 15 heavy (non-hydrogen) atoms. The zero-order valence-electron chi connectivity index (χ0n) is 7.05. The van der Waals surface area contributed by atoms with Gasteiger partial charge in [-0.3, -0.25) is 10.1 Å². The monoisotopic (exact) mass is 230 g/mol. The second kappa shape index (κ2) is 4.43. The van der Waals surface area contributed by atoms with E-state index in [-0.39, 0.29) is 0 Å². The number of halogens is 4. The fourth-order valence-corrected chi connectivity index (χ4v) is 0.859. The van der Waals surface area contributed by atoms with E-state index in [0.717, 1.165) is 0 Å². The molecule has 0 bridgehead atoms. The van der Waals surface area contributed by atoms with Gasteiger partial charge < -0.3 is 10.1 Å². The van der Waals surface area contributed by atoms with Crippen LogP contribution in [0.1, 0.15) is 0 Å². The predicted molar refractivity (Wildman–Crippen MR) is 37.3 cm³/mol. The molecular formula is C6H6F4N2O3. The van der Waals surface area contributed by atoms with Crippen molar-refractivity contribution in [3.63, 3.8) is 0 Å². The van der Waals surface area contributed by atoms with E-state index in [4.69, 9.17) is 0 Å². The lowest BCUT2D eigenvalue weighted by atomic mass is 10.3. The van der Waals surface area contributed by atoms with Crippen molar-refractivity contribution in [1.82, 2.24) is 10.6 Å². The first-order valence-corrected chi connectivity index (χ1v) is 3.75. The summed E-state index contributed by atoms with van der Waals surface area (Å²) < 4.78 is 52.4. The van der Waals surface area contributed by atoms with Crippen LogP contribution in [0.25, 0.3) is 0 Å². The van der Waals surface area contributed by atoms with Gasteiger partial charge in [-0.05, 0) is 0 Å². The van der Waals surface area contributed by atoms with Crippen LogP contribution in [0.15, 0.2) is 0 Å². The number of ether oxygens (including phenoxy) is 1. The van der Waals surface area contributed by atoms with Gasteiger partial charge in [0, 0.05) is 0 Å². The smallest absolute Gasteiger partial charge is 0.316 e. The number of rotatable bonds is 3. The van der Waals surface area contributed by atoms with Crippen LogP contribution in [0.3, 0.4) is 0 Å². The van der Waals surface area contributed by atoms with Crippen molar-refractivity contribution in [3.8, 4) is 0 Å². The lowest BCUT2D eigenvalue weighted by molar-refractivity contribution is -0.182. The summed E-state index contributed by atoms with van der Waals surface area (Å²) in [5.41, 5.74) is 0. The molecule has 9 heteroatoms. The highest BCUT2D eigenvalue weighted by Gasteiger charge is 2.39. The Labute approximate surface area is 80.8 Å². The molecule has 1 aliphatic heterocycles. The summed E-state index contributed by atoms with van der Waals surface area (Å²) in [4.78, 5) is 21.2. The summed E-state index contributed by atoms with van der Waals surface area (Å²) in [6.07, 6.45) is -11.0. The van der Waals surface area contributed by atoms with Crippen LogP contribution >= 0.6 is 0 Å². The molecular weight excluding hydrogens is 224 g/mol. The van der Waals surface area contributed by atoms with Gasteiger partial charge in [-0.15, -0.1) is 0 Å². The second-order valence-electron chi connectivity index (χ2n) is 2.61. The number of nitrogens with one attached hydrogen (secondary N) is 2. The quantitative estimate of drug-likeness (QED) is 0.674. The first-order chi connectivity index (χ1) is 6.91. The summed E-state index contributed by atoms with van der Waals surface area (Å²) in [6.45, 7) is 0. The van der Waals surface area contributed by atoms with E-state index in [1.807, 2.05) is 0 Å². The zero-order valence-corrected chi connectivity index (χ0v) is 7.05. The molecule has 1 rings (SSSR count). The first kappa shape index (κ1) is 11.7. The molecule has 0 aromatic carbocycles. The molecule has 3 unspecified atom stereocenters. The standard InChI is InChI=1S/C6H6F4N2O3/c7-1-4(13)11-6(14)12-5(1)15-3(10)2(8)9/h1-3,5H,(H2,11,12,13,14). The Kier molecular flexibility index (Phi) is 3.45. The Balaban J connectivity index is 2.59. The van der Waals surface area contributed by atoms with Gasteiger partial charge in [0.15, 0.2) is 6.23 Å². The fraction of sp³-hybridized carbons (Fsp3) is 0.667. The maximum atomic E-state index is 12.9. The maximum Gasteiger partial charge on any atom is 0.323 e. The highest BCUT2D eigenvalue weighted by atomic mass is 19.3. The Hall–Kier alpha value is -1.38. The zero-order chi connectivity index (χ0) is 11.6. The molecule has 1 heterocycles. The molecule has 3 amide bonds. The molecule has 0 aromatic rings. The number of amides is 3. The molecule has 0 aliphatic carbocycles. The number of urea groups is 1. The molecule has 0 spiro atoms. The molecule has 1 saturated heterocycles. The summed E-state index contributed by atoms with van der Waals surface area (Å²) in [5, 5.41) is 3.15. The van der Waals surface area contributed by atoms with Gasteiger partial charge in [-0.2, -0.15) is 0 Å². The Morgan fingerprint density at radius 3 is 2.40 bits per heavy atom. The SMILES string of the molecule is O=C1NC(=O)C(F)C(OC(F)C(F)F)N1. The molecule has 2 N–H and O–H groups in total. The third kappa shape index (κ3) is 2.78. The summed E-state index contributed by atoms with van der Waals surface area (Å²) in [5.74, 6) is -1.37. The first-order valence-electron chi connectivity index (χ1n) is 3.75. The number of hydrogen-bond acceptors (Lipinski definition) is 3. The van der Waals surface area contributed by atoms with Crippen LogP contribution < -0.4 is 10.6 Å². The van der Waals surface area contributed by atoms with E-state index in [2.05, 4.69) is 4.74 Å². The number of alkyl halides is 4. The largest absolute Gasteiger partial charge is 0.323 e. The van der Waals surface area contributed by atoms with Crippen LogP contribution in [0.2, 0.25) is 0 Å². The normalized spacial score (nSPS) is 28.6. The van der Waals surface area contributed by atoms with Crippen molar-refractivity contribution < 1.29 is 31.9 Å². The van der Waals surface area contributed by atoms with Crippen LogP contribution in [0.4, 0.5) is 22.4 Å². The van der Waals surface area contributed by atoms with Crippen LogP contribution in [0.5, 0.6) is 0 Å². The van der Waals surface area contributed by atoms with Gasteiger partial charge >= 0.3 is 6.03 Å². The molecule has 0 saturated carbocycles. The third-order valence-electron chi connectivity index (χ3n) is 1.50. The fourth-order valence-electron chi connectivity index (χ4n) is 0.859. The average Bonchev–Trinajstić information content (AvgIpc) is 2.13. The number of carbonyl (C=O) groups is 2. The van der Waals surface area contributed by atoms with Crippen LogP contribution in [-0.2, 0) is 9.53 Å². The van der Waals surface area contributed by atoms with Gasteiger partial charge in [0.1, 0.15) is 0 Å². The lowest BCUT2D eigenvalue weighted by Crippen LogP contribution is -2.61. The van der Waals surface area contributed by atoms with Gasteiger partial charge in [-0.25, -0.2) is 22.4 Å². The van der Waals surface area contributed by atoms with E-state index in [9.17, 15) is 27.2 Å². The molecule has 0 aromatic heterocycles. The van der Waals surface area contributed by atoms with E-state index < -0.39 is 37.1 Å². The molecule has 1 aliphatic rings. The Morgan fingerprint density at radius 1 is 1.27 bits per heavy atom. The van der Waals surface area contributed by atoms with Crippen molar-refractivity contribution in [2.24, 2.45) is 0 Å². The van der Waals surface area contributed by atoms with E-state index in [1.165, 1.54) is 5.32 Å². The van der Waals surface area contributed by atoms with E-state index in [1.54, 1.807) is 5.32 Å². The van der Waals surface area contributed by atoms with Crippen molar-refractivity contribution in [1.29, 1.82) is 0 Å². The van der Waals surface area contributed by atoms with Crippen LogP contribution in [-0.4, -0.2) is 37.1 Å².